The van der Waals surface area contributed by atoms with Gasteiger partial charge in [-0.3, -0.25) is 10.1 Å². The van der Waals surface area contributed by atoms with Gasteiger partial charge in [-0.25, -0.2) is 0 Å². The first-order chi connectivity index (χ1) is 9.02. The maximum Gasteiger partial charge on any atom is 0.292 e. The van der Waals surface area contributed by atoms with Crippen LogP contribution in [-0.4, -0.2) is 4.92 Å². The van der Waals surface area contributed by atoms with Gasteiger partial charge < -0.3 is 5.73 Å². The van der Waals surface area contributed by atoms with E-state index >= 15 is 0 Å². The van der Waals surface area contributed by atoms with Crippen LogP contribution in [0.25, 0.3) is 0 Å². The molecule has 4 nitrogen and oxygen atoms in total. The number of rotatable bonds is 2. The minimum Gasteiger partial charge on any atom is -0.393 e. The molecule has 0 bridgehead atoms. The van der Waals surface area contributed by atoms with E-state index in [1.807, 2.05) is 6.07 Å². The molecule has 0 atom stereocenters. The number of nitrogens with two attached hydrogens (primary N) is 1. The maximum atomic E-state index is 10.1. The molecular weight excluding hydrogens is 240 g/mol. The summed E-state index contributed by atoms with van der Waals surface area (Å²) < 4.78 is 0. The first kappa shape index (κ1) is 14.7. The zero-order valence-electron chi connectivity index (χ0n) is 11.1. The fraction of sp³-hybridized carbons (Fsp3) is 0.200. The van der Waals surface area contributed by atoms with E-state index in [9.17, 15) is 10.1 Å². The Morgan fingerprint density at radius 1 is 1.00 bits per heavy atom. The van der Waals surface area contributed by atoms with Gasteiger partial charge in [-0.1, -0.05) is 56.3 Å². The van der Waals surface area contributed by atoms with Crippen LogP contribution in [0, 0.1) is 10.1 Å². The van der Waals surface area contributed by atoms with Crippen LogP contribution in [0.1, 0.15) is 25.3 Å². The number of benzene rings is 2. The predicted molar refractivity (Wildman–Crippen MR) is 78.0 cm³/mol. The summed E-state index contributed by atoms with van der Waals surface area (Å²) in [4.78, 5) is 9.64. The van der Waals surface area contributed by atoms with Crippen LogP contribution in [0.3, 0.4) is 0 Å². The predicted octanol–water partition coefficient (Wildman–Crippen LogP) is 3.99. The summed E-state index contributed by atoms with van der Waals surface area (Å²) in [6, 6.07) is 16.6. The largest absolute Gasteiger partial charge is 0.393 e. The summed E-state index contributed by atoms with van der Waals surface area (Å²) in [5.41, 5.74) is 6.86. The normalized spacial score (nSPS) is 9.63. The van der Waals surface area contributed by atoms with Crippen LogP contribution in [0.4, 0.5) is 11.4 Å². The van der Waals surface area contributed by atoms with Crippen LogP contribution >= 0.6 is 0 Å². The zero-order valence-corrected chi connectivity index (χ0v) is 11.1. The van der Waals surface area contributed by atoms with Crippen LogP contribution in [0.5, 0.6) is 0 Å². The van der Waals surface area contributed by atoms with Crippen LogP contribution in [-0.2, 0) is 0 Å². The van der Waals surface area contributed by atoms with Crippen molar-refractivity contribution in [3.8, 4) is 0 Å². The molecule has 2 aromatic rings. The number of nitrogens with zero attached hydrogens (tertiary/aromatic N) is 1. The van der Waals surface area contributed by atoms with E-state index in [1.54, 1.807) is 12.1 Å². The maximum absolute atomic E-state index is 10.1. The smallest absolute Gasteiger partial charge is 0.292 e. The molecule has 4 heteroatoms. The topological polar surface area (TPSA) is 69.2 Å². The third-order valence-corrected chi connectivity index (χ3v) is 2.60. The van der Waals surface area contributed by atoms with E-state index in [0.717, 1.165) is 0 Å². The van der Waals surface area contributed by atoms with Crippen molar-refractivity contribution in [3.63, 3.8) is 0 Å². The minimum absolute atomic E-state index is 0.0394. The molecule has 19 heavy (non-hydrogen) atoms. The van der Waals surface area contributed by atoms with Crippen molar-refractivity contribution >= 4 is 11.4 Å². The summed E-state index contributed by atoms with van der Waals surface area (Å²) in [5, 5.41) is 10.1. The lowest BCUT2D eigenvalue weighted by Gasteiger charge is -2.01. The van der Waals surface area contributed by atoms with Gasteiger partial charge in [0.05, 0.1) is 4.92 Å². The van der Waals surface area contributed by atoms with Crippen molar-refractivity contribution < 1.29 is 4.92 Å². The molecule has 0 radical (unpaired) electrons. The molecule has 0 saturated heterocycles. The molecule has 0 fully saturated rings. The van der Waals surface area contributed by atoms with Gasteiger partial charge in [0.1, 0.15) is 5.69 Å². The van der Waals surface area contributed by atoms with Crippen molar-refractivity contribution in [1.29, 1.82) is 0 Å². The Kier molecular flexibility index (Phi) is 5.54. The fourth-order valence-corrected chi connectivity index (χ4v) is 1.49. The van der Waals surface area contributed by atoms with Gasteiger partial charge in [-0.15, -0.1) is 0 Å². The van der Waals surface area contributed by atoms with E-state index in [-0.39, 0.29) is 11.4 Å². The molecule has 2 N–H and O–H groups in total. The molecule has 0 spiro atoms. The second-order valence-electron chi connectivity index (χ2n) is 4.38. The Morgan fingerprint density at radius 3 is 1.89 bits per heavy atom. The molecule has 2 aromatic carbocycles. The van der Waals surface area contributed by atoms with Crippen molar-refractivity contribution in [3.05, 3.63) is 70.3 Å². The lowest BCUT2D eigenvalue weighted by Crippen LogP contribution is -1.93. The second kappa shape index (κ2) is 7.16. The first-order valence-corrected chi connectivity index (χ1v) is 6.06. The summed E-state index contributed by atoms with van der Waals surface area (Å²) >= 11 is 0. The molecule has 2 rings (SSSR count). The van der Waals surface area contributed by atoms with Gasteiger partial charge in [0.25, 0.3) is 5.69 Å². The molecule has 0 unspecified atom stereocenters. The zero-order chi connectivity index (χ0) is 14.3. The quantitative estimate of drug-likeness (QED) is 0.503. The molecule has 0 saturated carbocycles. The van der Waals surface area contributed by atoms with Gasteiger partial charge in [-0.05, 0) is 17.5 Å². The van der Waals surface area contributed by atoms with Crippen molar-refractivity contribution in [2.75, 3.05) is 5.73 Å². The molecule has 100 valence electrons. The number of nitro groups is 1. The molecule has 0 heterocycles. The molecule has 0 aromatic heterocycles. The van der Waals surface area contributed by atoms with Crippen LogP contribution in [0.2, 0.25) is 0 Å². The lowest BCUT2D eigenvalue weighted by atomic mass is 10.0. The minimum atomic E-state index is -0.505. The highest BCUT2D eigenvalue weighted by molar-refractivity contribution is 5.57. The van der Waals surface area contributed by atoms with E-state index in [1.165, 1.54) is 17.7 Å². The Labute approximate surface area is 113 Å². The average Bonchev–Trinajstić information content (AvgIpc) is 2.40. The van der Waals surface area contributed by atoms with Gasteiger partial charge in [-0.2, -0.15) is 0 Å². The van der Waals surface area contributed by atoms with Crippen molar-refractivity contribution in [2.45, 2.75) is 19.8 Å². The monoisotopic (exact) mass is 258 g/mol. The van der Waals surface area contributed by atoms with Gasteiger partial charge in [0, 0.05) is 6.07 Å². The van der Waals surface area contributed by atoms with Gasteiger partial charge in [0.15, 0.2) is 0 Å². The Balaban J connectivity index is 0.000000191. The summed E-state index contributed by atoms with van der Waals surface area (Å²) in [7, 11) is 0. The highest BCUT2D eigenvalue weighted by Crippen LogP contribution is 2.18. The Hall–Kier alpha value is -2.36. The average molecular weight is 258 g/mol. The SMILES string of the molecule is CC(C)c1ccccc1.Nc1ccccc1[N+](=O)[O-]. The molecule has 0 aliphatic rings. The number of anilines is 1. The van der Waals surface area contributed by atoms with Gasteiger partial charge >= 0.3 is 0 Å². The number of hydrogen-bond acceptors (Lipinski definition) is 3. The molecule has 0 aliphatic carbocycles. The molecule has 0 amide bonds. The van der Waals surface area contributed by atoms with E-state index in [4.69, 9.17) is 5.73 Å². The first-order valence-electron chi connectivity index (χ1n) is 6.06. The Morgan fingerprint density at radius 2 is 1.53 bits per heavy atom. The number of para-hydroxylation sites is 2. The standard InChI is InChI=1S/C9H12.C6H6N2O2/c1-8(2)9-6-4-3-5-7-9;7-5-3-1-2-4-6(5)8(9)10/h3-8H,1-2H3;1-4H,7H2. The number of nitro benzene ring substituents is 1. The number of hydrogen-bond donors (Lipinski definition) is 1. The van der Waals surface area contributed by atoms with Crippen molar-refractivity contribution in [1.82, 2.24) is 0 Å². The summed E-state index contributed by atoms with van der Waals surface area (Å²) in [5.74, 6) is 0.659. The van der Waals surface area contributed by atoms with Crippen LogP contribution in [0.15, 0.2) is 54.6 Å². The van der Waals surface area contributed by atoms with E-state index < -0.39 is 4.92 Å². The third kappa shape index (κ3) is 4.79. The third-order valence-electron chi connectivity index (χ3n) is 2.60. The highest BCUT2D eigenvalue weighted by Gasteiger charge is 2.07. The summed E-state index contributed by atoms with van der Waals surface area (Å²) in [6.07, 6.45) is 0. The fourth-order valence-electron chi connectivity index (χ4n) is 1.49. The summed E-state index contributed by atoms with van der Waals surface area (Å²) in [6.45, 7) is 4.41. The number of nitrogen functional groups attached to an aromatic ring is 1. The Bertz CT molecular complexity index is 525. The molecule has 0 aliphatic heterocycles. The van der Waals surface area contributed by atoms with E-state index in [0.29, 0.717) is 5.92 Å². The van der Waals surface area contributed by atoms with Crippen molar-refractivity contribution in [2.24, 2.45) is 0 Å². The van der Waals surface area contributed by atoms with E-state index in [2.05, 4.69) is 38.1 Å². The molecular formula is C15H18N2O2. The highest BCUT2D eigenvalue weighted by atomic mass is 16.6. The van der Waals surface area contributed by atoms with Gasteiger partial charge in [0.2, 0.25) is 0 Å². The van der Waals surface area contributed by atoms with Crippen LogP contribution < -0.4 is 5.73 Å². The lowest BCUT2D eigenvalue weighted by molar-refractivity contribution is -0.383. The second-order valence-corrected chi connectivity index (χ2v) is 4.38.